The van der Waals surface area contributed by atoms with Gasteiger partial charge in [0.2, 0.25) is 0 Å². The molecule has 0 heterocycles. The lowest BCUT2D eigenvalue weighted by Gasteiger charge is -2.33. The van der Waals surface area contributed by atoms with E-state index in [9.17, 15) is 5.21 Å². The molecule has 0 fully saturated rings. The maximum absolute atomic E-state index is 11.3. The molecule has 0 aromatic rings. The van der Waals surface area contributed by atoms with Crippen LogP contribution in [0.4, 0.5) is 0 Å². The smallest absolute Gasteiger partial charge is 0.0779 e. The molecule has 0 aromatic heterocycles. The van der Waals surface area contributed by atoms with E-state index in [1.54, 1.807) is 14.1 Å². The summed E-state index contributed by atoms with van der Waals surface area (Å²) in [5, 5.41) is 11.3. The largest absolute Gasteiger partial charge is 0.633 e. The van der Waals surface area contributed by atoms with E-state index in [0.29, 0.717) is 0 Å². The molecule has 0 unspecified atom stereocenters. The second kappa shape index (κ2) is 16.9. The first-order valence-corrected chi connectivity index (χ1v) is 8.10. The molecule has 0 saturated heterocycles. The highest BCUT2D eigenvalue weighted by molar-refractivity contribution is 4.48. The quantitative estimate of drug-likeness (QED) is 0.290. The molecule has 0 aliphatic carbocycles. The summed E-state index contributed by atoms with van der Waals surface area (Å²) in [4.78, 5) is 0. The summed E-state index contributed by atoms with van der Waals surface area (Å²) in [7, 11) is 3.47. The number of quaternary nitrogens is 1. The van der Waals surface area contributed by atoms with Crippen LogP contribution in [-0.4, -0.2) is 36.2 Å². The fourth-order valence-electron chi connectivity index (χ4n) is 2.33. The Bertz CT molecular complexity index is 170. The third kappa shape index (κ3) is 23.0. The van der Waals surface area contributed by atoms with Gasteiger partial charge in [-0.15, -0.1) is 0 Å². The van der Waals surface area contributed by atoms with Gasteiger partial charge in [-0.2, -0.15) is 0 Å². The summed E-state index contributed by atoms with van der Waals surface area (Å²) >= 11 is 0. The summed E-state index contributed by atoms with van der Waals surface area (Å²) < 4.78 is -0.127. The Morgan fingerprint density at radius 2 is 0.900 bits per heavy atom. The molecule has 0 saturated carbocycles. The topological polar surface area (TPSA) is 86.1 Å². The van der Waals surface area contributed by atoms with E-state index in [2.05, 4.69) is 6.92 Å². The molecule has 20 heavy (non-hydrogen) atoms. The van der Waals surface area contributed by atoms with E-state index < -0.39 is 0 Å². The van der Waals surface area contributed by atoms with Crippen molar-refractivity contribution in [2.45, 2.75) is 84.0 Å². The lowest BCUT2D eigenvalue weighted by atomic mass is 10.1. The van der Waals surface area contributed by atoms with Gasteiger partial charge in [0.1, 0.15) is 0 Å². The first-order valence-electron chi connectivity index (χ1n) is 8.10. The van der Waals surface area contributed by atoms with E-state index in [0.717, 1.165) is 13.0 Å². The van der Waals surface area contributed by atoms with Crippen molar-refractivity contribution in [3.8, 4) is 0 Å². The number of hydroxylamine groups is 3. The number of rotatable bonds is 13. The summed E-state index contributed by atoms with van der Waals surface area (Å²) in [5.74, 6) is 0. The third-order valence-corrected chi connectivity index (χ3v) is 3.55. The zero-order valence-electron chi connectivity index (χ0n) is 14.0. The van der Waals surface area contributed by atoms with Crippen molar-refractivity contribution in [1.82, 2.24) is 0 Å². The minimum absolute atomic E-state index is 0. The van der Waals surface area contributed by atoms with Gasteiger partial charge in [-0.3, -0.25) is 0 Å². The lowest BCUT2D eigenvalue weighted by Crippen LogP contribution is -2.32. The van der Waals surface area contributed by atoms with Crippen LogP contribution in [0.3, 0.4) is 0 Å². The van der Waals surface area contributed by atoms with Gasteiger partial charge in [0.25, 0.3) is 0 Å². The molecule has 126 valence electrons. The molecule has 4 nitrogen and oxygen atoms in total. The maximum Gasteiger partial charge on any atom is 0.0779 e. The second-order valence-electron chi connectivity index (χ2n) is 6.19. The minimum atomic E-state index is -0.127. The predicted octanol–water partition coefficient (Wildman–Crippen LogP) is 3.61. The SMILES string of the molecule is CCCCCCCCCCCCCC[N+](C)(C)[O-].O.O. The first-order chi connectivity index (χ1) is 8.56. The van der Waals surface area contributed by atoms with Crippen LogP contribution < -0.4 is 0 Å². The Hall–Kier alpha value is -0.160. The zero-order valence-corrected chi connectivity index (χ0v) is 14.0. The molecule has 0 aromatic carbocycles. The van der Waals surface area contributed by atoms with Crippen LogP contribution in [0, 0.1) is 5.21 Å². The predicted molar refractivity (Wildman–Crippen MR) is 88.6 cm³/mol. The van der Waals surface area contributed by atoms with Crippen molar-refractivity contribution in [1.29, 1.82) is 0 Å². The van der Waals surface area contributed by atoms with Gasteiger partial charge in [-0.25, -0.2) is 0 Å². The lowest BCUT2D eigenvalue weighted by molar-refractivity contribution is -0.840. The van der Waals surface area contributed by atoms with Crippen LogP contribution >= 0.6 is 0 Å². The molecule has 0 bridgehead atoms. The Labute approximate surface area is 126 Å². The van der Waals surface area contributed by atoms with E-state index in [1.165, 1.54) is 70.6 Å². The van der Waals surface area contributed by atoms with Crippen LogP contribution in [-0.2, 0) is 0 Å². The van der Waals surface area contributed by atoms with E-state index in [-0.39, 0.29) is 15.6 Å². The molecule has 0 amide bonds. The van der Waals surface area contributed by atoms with E-state index >= 15 is 0 Å². The Morgan fingerprint density at radius 1 is 0.600 bits per heavy atom. The maximum atomic E-state index is 11.3. The van der Waals surface area contributed by atoms with E-state index in [1.807, 2.05) is 0 Å². The van der Waals surface area contributed by atoms with Crippen molar-refractivity contribution in [2.24, 2.45) is 0 Å². The van der Waals surface area contributed by atoms with Gasteiger partial charge in [0.05, 0.1) is 20.6 Å². The molecule has 4 heteroatoms. The van der Waals surface area contributed by atoms with Crippen molar-refractivity contribution < 1.29 is 15.6 Å². The monoisotopic (exact) mass is 293 g/mol. The van der Waals surface area contributed by atoms with E-state index in [4.69, 9.17) is 0 Å². The fourth-order valence-corrected chi connectivity index (χ4v) is 2.33. The first kappa shape index (κ1) is 24.8. The molecule has 4 N–H and O–H groups in total. The van der Waals surface area contributed by atoms with Crippen LogP contribution in [0.1, 0.15) is 84.0 Å². The number of unbranched alkanes of at least 4 members (excludes halogenated alkanes) is 11. The second-order valence-corrected chi connectivity index (χ2v) is 6.19. The van der Waals surface area contributed by atoms with Crippen molar-refractivity contribution >= 4 is 0 Å². The molecule has 0 rings (SSSR count). The average molecular weight is 293 g/mol. The van der Waals surface area contributed by atoms with Gasteiger partial charge in [-0.1, -0.05) is 71.1 Å². The molecule has 0 spiro atoms. The highest BCUT2D eigenvalue weighted by Gasteiger charge is 2.00. The number of hydrogen-bond donors (Lipinski definition) is 0. The Kier molecular flexibility index (Phi) is 21.0. The van der Waals surface area contributed by atoms with Gasteiger partial charge in [0.15, 0.2) is 0 Å². The van der Waals surface area contributed by atoms with Gasteiger partial charge < -0.3 is 20.8 Å². The van der Waals surface area contributed by atoms with Crippen LogP contribution in [0.5, 0.6) is 0 Å². The fraction of sp³-hybridized carbons (Fsp3) is 1.00. The van der Waals surface area contributed by atoms with Gasteiger partial charge in [0, 0.05) is 0 Å². The normalized spacial score (nSPS) is 10.8. The third-order valence-electron chi connectivity index (χ3n) is 3.55. The number of hydrogen-bond acceptors (Lipinski definition) is 1. The summed E-state index contributed by atoms with van der Waals surface area (Å²) in [5.41, 5.74) is 0. The molecule has 0 atom stereocenters. The summed E-state index contributed by atoms with van der Waals surface area (Å²) in [6.45, 7) is 3.05. The molecule has 0 aliphatic heterocycles. The van der Waals surface area contributed by atoms with Crippen molar-refractivity contribution in [2.75, 3.05) is 20.6 Å². The van der Waals surface area contributed by atoms with Crippen LogP contribution in [0.25, 0.3) is 0 Å². The van der Waals surface area contributed by atoms with Crippen LogP contribution in [0.15, 0.2) is 0 Å². The van der Waals surface area contributed by atoms with Gasteiger partial charge in [-0.05, 0) is 12.8 Å². The number of nitrogens with zero attached hydrogens (tertiary/aromatic N) is 1. The molecule has 0 radical (unpaired) electrons. The van der Waals surface area contributed by atoms with Crippen molar-refractivity contribution in [3.63, 3.8) is 0 Å². The molecular formula is C16H39NO3. The minimum Gasteiger partial charge on any atom is -0.633 e. The standard InChI is InChI=1S/C16H35NO.2H2O/c1-4-5-6-7-8-9-10-11-12-13-14-15-16-17(2,3)18;;/h4-16H2,1-3H3;2*1H2. The zero-order chi connectivity index (χ0) is 13.7. The van der Waals surface area contributed by atoms with Gasteiger partial charge >= 0.3 is 0 Å². The summed E-state index contributed by atoms with van der Waals surface area (Å²) in [6, 6.07) is 0. The summed E-state index contributed by atoms with van der Waals surface area (Å²) in [6.07, 6.45) is 16.3. The molecular weight excluding hydrogens is 254 g/mol. The van der Waals surface area contributed by atoms with Crippen molar-refractivity contribution in [3.05, 3.63) is 5.21 Å². The highest BCUT2D eigenvalue weighted by Crippen LogP contribution is 2.12. The van der Waals surface area contributed by atoms with Crippen LogP contribution in [0.2, 0.25) is 0 Å². The average Bonchev–Trinajstić information content (AvgIpc) is 2.29. The Balaban J connectivity index is -0.00000144. The molecule has 0 aliphatic rings. The highest BCUT2D eigenvalue weighted by atomic mass is 16.5. The Morgan fingerprint density at radius 3 is 1.20 bits per heavy atom.